The predicted octanol–water partition coefficient (Wildman–Crippen LogP) is 3.42. The number of benzene rings is 1. The monoisotopic (exact) mass is 496 g/mol. The molecule has 3 aliphatic carbocycles. The molecule has 8 heteroatoms. The number of alkyl halides is 1. The zero-order valence-corrected chi connectivity index (χ0v) is 21.3. The highest BCUT2D eigenvalue weighted by Crippen LogP contribution is 2.72. The number of ether oxygens (including phenoxy) is 1. The van der Waals surface area contributed by atoms with Crippen molar-refractivity contribution in [3.05, 3.63) is 29.8 Å². The summed E-state index contributed by atoms with van der Waals surface area (Å²) in [4.78, 5) is 1.97. The average Bonchev–Trinajstić information content (AvgIpc) is 3.50. The Morgan fingerprint density at radius 2 is 1.94 bits per heavy atom. The number of aliphatic hydroxyl groups excluding tert-OH is 2. The number of nitrogen functional groups attached to an aromatic ring is 1. The quantitative estimate of drug-likeness (QED) is 0.508. The van der Waals surface area contributed by atoms with Gasteiger partial charge in [0.2, 0.25) is 0 Å². The largest absolute Gasteiger partial charge is 0.390 e. The van der Waals surface area contributed by atoms with Crippen LogP contribution in [0.5, 0.6) is 0 Å². The van der Waals surface area contributed by atoms with Crippen molar-refractivity contribution in [1.82, 2.24) is 15.1 Å². The molecule has 36 heavy (non-hydrogen) atoms. The summed E-state index contributed by atoms with van der Waals surface area (Å²) in [5.74, 6) is 0.136. The van der Waals surface area contributed by atoms with Gasteiger partial charge in [-0.25, -0.2) is 4.39 Å². The zero-order valence-electron chi connectivity index (χ0n) is 21.3. The van der Waals surface area contributed by atoms with Crippen LogP contribution in [0.25, 0.3) is 16.5 Å². The number of nitrogens with two attached hydrogens (primary N) is 1. The summed E-state index contributed by atoms with van der Waals surface area (Å²) in [7, 11) is 3.86. The number of rotatable bonds is 2. The molecule has 7 rings (SSSR count). The average molecular weight is 497 g/mol. The molecule has 5 N–H and O–H groups in total. The number of allylic oxidation sites excluding steroid dienone is 2. The molecule has 1 aromatic carbocycles. The van der Waals surface area contributed by atoms with Gasteiger partial charge in [-0.1, -0.05) is 19.1 Å². The Balaban J connectivity index is 1.28. The van der Waals surface area contributed by atoms with Crippen molar-refractivity contribution in [2.24, 2.45) is 17.3 Å². The number of aromatic amines is 1. The summed E-state index contributed by atoms with van der Waals surface area (Å²) in [6.07, 6.45) is 4.62. The molecule has 5 aliphatic rings. The second-order valence-electron chi connectivity index (χ2n) is 12.7. The maximum atomic E-state index is 17.2. The van der Waals surface area contributed by atoms with Gasteiger partial charge in [0.1, 0.15) is 11.3 Å². The lowest BCUT2D eigenvalue weighted by molar-refractivity contribution is -0.314. The molecule has 9 unspecified atom stereocenters. The van der Waals surface area contributed by atoms with Crippen LogP contribution < -0.4 is 5.73 Å². The number of anilines is 1. The van der Waals surface area contributed by atoms with E-state index in [-0.39, 0.29) is 29.7 Å². The number of nitrogens with zero attached hydrogens (tertiary/aromatic N) is 2. The molecule has 7 nitrogen and oxygen atoms in total. The third-order valence-electron chi connectivity index (χ3n) is 11.1. The van der Waals surface area contributed by atoms with E-state index in [0.717, 1.165) is 35.7 Å². The summed E-state index contributed by atoms with van der Waals surface area (Å²) in [6, 6.07) is 6.03. The van der Waals surface area contributed by atoms with E-state index >= 15 is 4.39 Å². The number of nitrogens with one attached hydrogen (secondary N) is 1. The molecule has 2 aliphatic heterocycles. The van der Waals surface area contributed by atoms with Crippen LogP contribution in [0.2, 0.25) is 0 Å². The van der Waals surface area contributed by atoms with Crippen LogP contribution in [-0.4, -0.2) is 74.5 Å². The Bertz CT molecular complexity index is 1280. The Hall–Kier alpha value is -2.00. The van der Waals surface area contributed by atoms with E-state index in [1.807, 2.05) is 25.1 Å². The number of likely N-dealkylation sites (N-methyl/N-ethyl adjacent to an activating group) is 1. The molecule has 2 aromatic rings. The Kier molecular flexibility index (Phi) is 4.56. The van der Waals surface area contributed by atoms with Gasteiger partial charge in [0.25, 0.3) is 0 Å². The first kappa shape index (κ1) is 23.1. The first-order valence-electron chi connectivity index (χ1n) is 13.4. The van der Waals surface area contributed by atoms with E-state index in [1.54, 1.807) is 0 Å². The molecule has 4 fully saturated rings. The molecule has 2 saturated carbocycles. The lowest BCUT2D eigenvalue weighted by Gasteiger charge is -2.64. The van der Waals surface area contributed by atoms with Crippen molar-refractivity contribution in [1.29, 1.82) is 0 Å². The van der Waals surface area contributed by atoms with Crippen molar-refractivity contribution in [3.8, 4) is 0 Å². The van der Waals surface area contributed by atoms with Crippen LogP contribution in [-0.2, 0) is 4.74 Å². The maximum Gasteiger partial charge on any atom is 0.153 e. The molecule has 3 heterocycles. The first-order valence-corrected chi connectivity index (χ1v) is 13.4. The fourth-order valence-electron chi connectivity index (χ4n) is 9.21. The van der Waals surface area contributed by atoms with Crippen molar-refractivity contribution in [2.75, 3.05) is 19.8 Å². The van der Waals surface area contributed by atoms with Crippen LogP contribution in [0.4, 0.5) is 10.2 Å². The smallest absolute Gasteiger partial charge is 0.153 e. The molecular formula is C28H37FN4O3. The minimum atomic E-state index is -1.50. The number of aromatic nitrogens is 2. The number of fused-ring (bicyclic) bond motifs is 2. The van der Waals surface area contributed by atoms with Crippen molar-refractivity contribution >= 4 is 22.3 Å². The standard InChI is InChI=1S/C28H37FN4O3/c1-25-8-10-27(29)13-18-22(34)23(35)20(33(2)3)14-26(18)9-11-28(27,36-26)21(25)7-5-17(25)15-4-6-19-16(12-15)24(30)32-31-19/h4-6,12,18,20-23,34-35H,7-11,13-14H2,1-3H3,(H3,30,31,32). The normalized spacial score (nSPS) is 47.5. The van der Waals surface area contributed by atoms with Gasteiger partial charge >= 0.3 is 0 Å². The van der Waals surface area contributed by atoms with E-state index in [1.165, 1.54) is 5.57 Å². The van der Waals surface area contributed by atoms with Crippen LogP contribution in [0.15, 0.2) is 24.3 Å². The zero-order chi connectivity index (χ0) is 25.3. The number of hydrogen-bond acceptors (Lipinski definition) is 6. The minimum Gasteiger partial charge on any atom is -0.390 e. The molecule has 0 radical (unpaired) electrons. The Labute approximate surface area is 210 Å². The lowest BCUT2D eigenvalue weighted by Crippen LogP contribution is -2.72. The fourth-order valence-corrected chi connectivity index (χ4v) is 9.21. The molecular weight excluding hydrogens is 459 g/mol. The van der Waals surface area contributed by atoms with Gasteiger partial charge in [-0.3, -0.25) is 5.10 Å². The van der Waals surface area contributed by atoms with E-state index in [9.17, 15) is 10.2 Å². The summed E-state index contributed by atoms with van der Waals surface area (Å²) < 4.78 is 24.3. The topological polar surface area (TPSA) is 108 Å². The third kappa shape index (κ3) is 2.64. The molecule has 0 amide bonds. The third-order valence-corrected chi connectivity index (χ3v) is 11.1. The van der Waals surface area contributed by atoms with E-state index in [2.05, 4.69) is 35.3 Å². The fraction of sp³-hybridized carbons (Fsp3) is 0.679. The number of aliphatic hydroxyl groups is 2. The summed E-state index contributed by atoms with van der Waals surface area (Å²) in [6.45, 7) is 2.29. The van der Waals surface area contributed by atoms with Crippen LogP contribution >= 0.6 is 0 Å². The van der Waals surface area contributed by atoms with Crippen molar-refractivity contribution < 1.29 is 19.3 Å². The van der Waals surface area contributed by atoms with Crippen LogP contribution in [0.1, 0.15) is 57.4 Å². The number of H-pyrrole nitrogens is 1. The minimum absolute atomic E-state index is 0.0262. The molecule has 2 saturated heterocycles. The van der Waals surface area contributed by atoms with Crippen LogP contribution in [0.3, 0.4) is 0 Å². The second-order valence-corrected chi connectivity index (χ2v) is 12.7. The molecule has 1 aromatic heterocycles. The van der Waals surface area contributed by atoms with Gasteiger partial charge in [0, 0.05) is 23.3 Å². The van der Waals surface area contributed by atoms with Crippen LogP contribution in [0, 0.1) is 17.3 Å². The molecule has 9 atom stereocenters. The van der Waals surface area contributed by atoms with Gasteiger partial charge in [0.05, 0.1) is 23.3 Å². The first-order chi connectivity index (χ1) is 17.0. The van der Waals surface area contributed by atoms with Gasteiger partial charge in [-0.15, -0.1) is 0 Å². The molecule has 2 bridgehead atoms. The summed E-state index contributed by atoms with van der Waals surface area (Å²) >= 11 is 0. The highest BCUT2D eigenvalue weighted by Gasteiger charge is 2.77. The molecule has 2 spiro atoms. The van der Waals surface area contributed by atoms with E-state index in [0.29, 0.717) is 25.1 Å². The summed E-state index contributed by atoms with van der Waals surface area (Å²) in [5.41, 5.74) is 6.21. The lowest BCUT2D eigenvalue weighted by atomic mass is 9.51. The Morgan fingerprint density at radius 3 is 2.72 bits per heavy atom. The van der Waals surface area contributed by atoms with Gasteiger partial charge in [-0.2, -0.15) is 5.10 Å². The second kappa shape index (κ2) is 7.10. The summed E-state index contributed by atoms with van der Waals surface area (Å²) in [5, 5.41) is 30.1. The predicted molar refractivity (Wildman–Crippen MR) is 136 cm³/mol. The highest BCUT2D eigenvalue weighted by atomic mass is 19.1. The molecule has 194 valence electrons. The van der Waals surface area contributed by atoms with Gasteiger partial charge in [0.15, 0.2) is 5.82 Å². The highest BCUT2D eigenvalue weighted by molar-refractivity contribution is 5.92. The van der Waals surface area contributed by atoms with Gasteiger partial charge < -0.3 is 25.6 Å². The number of hydrogen-bond donors (Lipinski definition) is 4. The number of halogens is 1. The van der Waals surface area contributed by atoms with E-state index in [4.69, 9.17) is 10.5 Å². The SMILES string of the molecule is CN(C)C1CC23CCC4(O2)C2CC=C(c5ccc6[nH]nc(N)c6c5)C2(C)CCC4(F)CC3C(O)C1O. The Morgan fingerprint density at radius 1 is 1.14 bits per heavy atom. The van der Waals surface area contributed by atoms with Crippen molar-refractivity contribution in [3.63, 3.8) is 0 Å². The van der Waals surface area contributed by atoms with Crippen molar-refractivity contribution in [2.45, 2.75) is 87.0 Å². The van der Waals surface area contributed by atoms with E-state index < -0.39 is 29.1 Å². The maximum absolute atomic E-state index is 17.2. The van der Waals surface area contributed by atoms with Gasteiger partial charge in [-0.05, 0) is 87.7 Å².